The van der Waals surface area contributed by atoms with E-state index >= 15 is 0 Å². The van der Waals surface area contributed by atoms with Crippen molar-refractivity contribution in [3.63, 3.8) is 0 Å². The number of hydrogen-bond donors (Lipinski definition) is 2. The molecule has 0 aliphatic carbocycles. The average molecular weight is 312 g/mol. The molecule has 1 rings (SSSR count). The van der Waals surface area contributed by atoms with Crippen molar-refractivity contribution in [2.24, 2.45) is 0 Å². The summed E-state index contributed by atoms with van der Waals surface area (Å²) in [5.74, 6) is -1.09. The van der Waals surface area contributed by atoms with Crippen LogP contribution in [0.2, 0.25) is 0 Å². The number of nitrogens with zero attached hydrogens (tertiary/aromatic N) is 1. The number of carboxylic acid groups (broad SMARTS) is 1. The number of benzene rings is 1. The molecule has 6 heteroatoms. The second kappa shape index (κ2) is 6.07. The number of carboxylic acids is 1. The summed E-state index contributed by atoms with van der Waals surface area (Å²) >= 11 is 3.20. The minimum absolute atomic E-state index is 0.0136. The lowest BCUT2D eigenvalue weighted by Gasteiger charge is -2.08. The largest absolute Gasteiger partial charge is 0.504 e. The number of methoxy groups -OCH3 is 1. The first-order chi connectivity index (χ1) is 8.53. The molecule has 0 saturated carbocycles. The van der Waals surface area contributed by atoms with E-state index in [0.717, 1.165) is 0 Å². The van der Waals surface area contributed by atoms with Gasteiger partial charge in [-0.15, -0.1) is 0 Å². The number of ether oxygens (including phenoxy) is 1. The van der Waals surface area contributed by atoms with E-state index in [2.05, 4.69) is 15.9 Å². The van der Waals surface area contributed by atoms with Crippen molar-refractivity contribution in [1.82, 2.24) is 0 Å². The van der Waals surface area contributed by atoms with E-state index < -0.39 is 5.97 Å². The second-order valence-electron chi connectivity index (χ2n) is 3.34. The molecule has 94 valence electrons. The molecule has 18 heavy (non-hydrogen) atoms. The van der Waals surface area contributed by atoms with Gasteiger partial charge >= 0.3 is 5.97 Å². The Bertz CT molecular complexity index is 520. The summed E-state index contributed by atoms with van der Waals surface area (Å²) in [6.07, 6.45) is 1.22. The van der Waals surface area contributed by atoms with Crippen LogP contribution in [0.5, 0.6) is 11.5 Å². The van der Waals surface area contributed by atoms with Crippen molar-refractivity contribution in [1.29, 1.82) is 5.26 Å². The van der Waals surface area contributed by atoms with E-state index in [1.54, 1.807) is 12.1 Å². The number of hydrogen-bond acceptors (Lipinski definition) is 4. The molecule has 0 aliphatic rings. The predicted octanol–water partition coefficient (Wildman–Crippen LogP) is 2.29. The SMILES string of the molecule is COc1cc(C=C(C#N)C(=O)O)cc(CBr)c1O. The Morgan fingerprint density at radius 3 is 2.72 bits per heavy atom. The van der Waals surface area contributed by atoms with Gasteiger partial charge in [0, 0.05) is 10.9 Å². The van der Waals surface area contributed by atoms with Gasteiger partial charge in [0.2, 0.25) is 0 Å². The Morgan fingerprint density at radius 2 is 2.28 bits per heavy atom. The molecule has 0 aliphatic heterocycles. The van der Waals surface area contributed by atoms with Crippen molar-refractivity contribution in [3.8, 4) is 17.6 Å². The maximum atomic E-state index is 10.7. The number of nitriles is 1. The van der Waals surface area contributed by atoms with E-state index in [4.69, 9.17) is 15.1 Å². The number of aliphatic carboxylic acids is 1. The molecule has 0 amide bonds. The molecule has 1 aromatic rings. The lowest BCUT2D eigenvalue weighted by Crippen LogP contribution is -1.98. The maximum Gasteiger partial charge on any atom is 0.346 e. The number of alkyl halides is 1. The summed E-state index contributed by atoms with van der Waals surface area (Å²) < 4.78 is 4.97. The highest BCUT2D eigenvalue weighted by Gasteiger charge is 2.11. The molecule has 0 bridgehead atoms. The van der Waals surface area contributed by atoms with Crippen LogP contribution in [0.25, 0.3) is 6.08 Å². The van der Waals surface area contributed by atoms with Gasteiger partial charge in [0.05, 0.1) is 7.11 Å². The average Bonchev–Trinajstić information content (AvgIpc) is 2.36. The Morgan fingerprint density at radius 1 is 1.61 bits per heavy atom. The van der Waals surface area contributed by atoms with E-state index in [9.17, 15) is 9.90 Å². The second-order valence-corrected chi connectivity index (χ2v) is 3.90. The minimum Gasteiger partial charge on any atom is -0.504 e. The van der Waals surface area contributed by atoms with Gasteiger partial charge in [-0.1, -0.05) is 15.9 Å². The van der Waals surface area contributed by atoms with Crippen LogP contribution in [0.15, 0.2) is 17.7 Å². The molecular weight excluding hydrogens is 302 g/mol. The predicted molar refractivity (Wildman–Crippen MR) is 68.5 cm³/mol. The third-order valence-electron chi connectivity index (χ3n) is 2.20. The van der Waals surface area contributed by atoms with Crippen LogP contribution >= 0.6 is 15.9 Å². The van der Waals surface area contributed by atoms with Crippen LogP contribution in [0, 0.1) is 11.3 Å². The van der Waals surface area contributed by atoms with Crippen LogP contribution in [0.1, 0.15) is 11.1 Å². The highest BCUT2D eigenvalue weighted by molar-refractivity contribution is 9.08. The molecular formula is C12H10BrNO4. The van der Waals surface area contributed by atoms with Crippen molar-refractivity contribution in [3.05, 3.63) is 28.8 Å². The molecule has 0 unspecified atom stereocenters. The van der Waals surface area contributed by atoms with Crippen molar-refractivity contribution in [2.45, 2.75) is 5.33 Å². The first-order valence-corrected chi connectivity index (χ1v) is 5.96. The molecule has 0 spiro atoms. The monoisotopic (exact) mass is 311 g/mol. The number of phenols is 1. The molecule has 0 atom stereocenters. The lowest BCUT2D eigenvalue weighted by molar-refractivity contribution is -0.132. The fourth-order valence-corrected chi connectivity index (χ4v) is 1.77. The molecule has 0 saturated heterocycles. The molecule has 0 aromatic heterocycles. The van der Waals surface area contributed by atoms with Crippen LogP contribution < -0.4 is 4.74 Å². The smallest absolute Gasteiger partial charge is 0.346 e. The van der Waals surface area contributed by atoms with E-state index in [-0.39, 0.29) is 17.1 Å². The van der Waals surface area contributed by atoms with Crippen LogP contribution in [0.3, 0.4) is 0 Å². The van der Waals surface area contributed by atoms with Crippen molar-refractivity contribution < 1.29 is 19.7 Å². The molecule has 5 nitrogen and oxygen atoms in total. The fourth-order valence-electron chi connectivity index (χ4n) is 1.34. The number of carbonyl (C=O) groups is 1. The van der Waals surface area contributed by atoms with Crippen molar-refractivity contribution in [2.75, 3.05) is 7.11 Å². The van der Waals surface area contributed by atoms with Crippen LogP contribution in [0.4, 0.5) is 0 Å². The summed E-state index contributed by atoms with van der Waals surface area (Å²) in [6.45, 7) is 0. The normalized spacial score (nSPS) is 10.8. The first kappa shape index (κ1) is 14.1. The summed E-state index contributed by atoms with van der Waals surface area (Å²) in [5, 5.41) is 27.6. The van der Waals surface area contributed by atoms with Gasteiger partial charge in [0.25, 0.3) is 0 Å². The van der Waals surface area contributed by atoms with Crippen molar-refractivity contribution >= 4 is 28.0 Å². The Kier molecular flexibility index (Phi) is 4.75. The molecule has 0 heterocycles. The summed E-state index contributed by atoms with van der Waals surface area (Å²) in [5.41, 5.74) is 0.629. The fraction of sp³-hybridized carbons (Fsp3) is 0.167. The quantitative estimate of drug-likeness (QED) is 0.506. The molecule has 1 aromatic carbocycles. The van der Waals surface area contributed by atoms with Gasteiger partial charge in [-0.2, -0.15) is 5.26 Å². The van der Waals surface area contributed by atoms with Gasteiger partial charge in [-0.25, -0.2) is 4.79 Å². The van der Waals surface area contributed by atoms with Gasteiger partial charge in [-0.05, 0) is 23.8 Å². The number of rotatable bonds is 4. The summed E-state index contributed by atoms with van der Waals surface area (Å²) in [4.78, 5) is 10.7. The molecule has 2 N–H and O–H groups in total. The van der Waals surface area contributed by atoms with Gasteiger partial charge in [0.15, 0.2) is 11.5 Å². The Hall–Kier alpha value is -2.00. The summed E-state index contributed by atoms with van der Waals surface area (Å²) in [6, 6.07) is 4.62. The van der Waals surface area contributed by atoms with E-state index in [1.165, 1.54) is 19.3 Å². The third-order valence-corrected chi connectivity index (χ3v) is 2.81. The number of aromatic hydroxyl groups is 1. The molecule has 0 fully saturated rings. The maximum absolute atomic E-state index is 10.7. The van der Waals surface area contributed by atoms with Crippen LogP contribution in [-0.4, -0.2) is 23.3 Å². The minimum atomic E-state index is -1.30. The highest BCUT2D eigenvalue weighted by atomic mass is 79.9. The third kappa shape index (κ3) is 3.02. The van der Waals surface area contributed by atoms with E-state index in [1.807, 2.05) is 0 Å². The zero-order valence-corrected chi connectivity index (χ0v) is 11.1. The standard InChI is InChI=1S/C12H10BrNO4/c1-18-10-4-7(2-8(5-13)11(10)15)3-9(6-14)12(16)17/h2-4,15H,5H2,1H3,(H,16,17). The zero-order chi connectivity index (χ0) is 13.7. The van der Waals surface area contributed by atoms with Gasteiger partial charge in [0.1, 0.15) is 11.6 Å². The van der Waals surface area contributed by atoms with Gasteiger partial charge < -0.3 is 14.9 Å². The number of halogens is 1. The molecule has 0 radical (unpaired) electrons. The zero-order valence-electron chi connectivity index (χ0n) is 9.48. The van der Waals surface area contributed by atoms with E-state index in [0.29, 0.717) is 16.5 Å². The lowest BCUT2D eigenvalue weighted by atomic mass is 10.1. The highest BCUT2D eigenvalue weighted by Crippen LogP contribution is 2.33. The first-order valence-electron chi connectivity index (χ1n) is 4.84. The Balaban J connectivity index is 3.35. The Labute approximate surface area is 112 Å². The number of phenolic OH excluding ortho intramolecular Hbond substituents is 1. The van der Waals surface area contributed by atoms with Crippen LogP contribution in [-0.2, 0) is 10.1 Å². The topological polar surface area (TPSA) is 90.5 Å². The summed E-state index contributed by atoms with van der Waals surface area (Å²) in [7, 11) is 1.39. The van der Waals surface area contributed by atoms with Gasteiger partial charge in [-0.3, -0.25) is 0 Å².